The summed E-state index contributed by atoms with van der Waals surface area (Å²) in [6.07, 6.45) is 2.39. The van der Waals surface area contributed by atoms with Crippen molar-refractivity contribution in [2.75, 3.05) is 12.4 Å². The molecular weight excluding hydrogens is 225 g/mol. The lowest BCUT2D eigenvalue weighted by atomic mass is 10.3. The zero-order valence-electron chi connectivity index (χ0n) is 9.03. The van der Waals surface area contributed by atoms with Crippen molar-refractivity contribution in [1.82, 2.24) is 5.32 Å². The summed E-state index contributed by atoms with van der Waals surface area (Å²) < 4.78 is 13.3. The second kappa shape index (κ2) is 5.66. The number of hydrogen-bond donors (Lipinski definition) is 2. The molecule has 1 saturated carbocycles. The number of thioether (sulfide) groups is 1. The van der Waals surface area contributed by atoms with E-state index < -0.39 is 0 Å². The Hall–Kier alpha value is -0.580. The molecule has 1 unspecified atom stereocenters. The minimum atomic E-state index is -0.185. The molecule has 1 atom stereocenters. The fraction of sp³-hybridized carbons (Fsp3) is 0.500. The number of nitrogens with one attached hydrogen (secondary N) is 1. The van der Waals surface area contributed by atoms with Gasteiger partial charge in [-0.15, -0.1) is 11.8 Å². The fourth-order valence-corrected chi connectivity index (χ4v) is 2.45. The highest BCUT2D eigenvalue weighted by Crippen LogP contribution is 2.24. The Morgan fingerprint density at radius 3 is 2.81 bits per heavy atom. The highest BCUT2D eigenvalue weighted by Gasteiger charge is 2.24. The van der Waals surface area contributed by atoms with E-state index in [-0.39, 0.29) is 18.5 Å². The summed E-state index contributed by atoms with van der Waals surface area (Å²) in [5, 5.41) is 12.5. The van der Waals surface area contributed by atoms with E-state index in [1.165, 1.54) is 30.7 Å². The zero-order chi connectivity index (χ0) is 11.4. The number of aliphatic hydroxyl groups excluding tert-OH is 1. The lowest BCUT2D eigenvalue weighted by Gasteiger charge is -2.15. The summed E-state index contributed by atoms with van der Waals surface area (Å²) >= 11 is 1.45. The number of benzene rings is 1. The minimum absolute atomic E-state index is 0.0668. The van der Waals surface area contributed by atoms with E-state index in [4.69, 9.17) is 0 Å². The average molecular weight is 241 g/mol. The molecule has 0 spiro atoms. The van der Waals surface area contributed by atoms with Gasteiger partial charge in [0.25, 0.3) is 0 Å². The van der Waals surface area contributed by atoms with E-state index >= 15 is 0 Å². The first kappa shape index (κ1) is 11.9. The summed E-state index contributed by atoms with van der Waals surface area (Å²) in [7, 11) is 0. The van der Waals surface area contributed by atoms with E-state index in [2.05, 4.69) is 5.32 Å². The maximum atomic E-state index is 13.3. The van der Waals surface area contributed by atoms with Gasteiger partial charge in [0, 0.05) is 22.7 Å². The molecule has 1 fully saturated rings. The molecule has 16 heavy (non-hydrogen) atoms. The van der Waals surface area contributed by atoms with Crippen LogP contribution in [0.1, 0.15) is 12.8 Å². The van der Waals surface area contributed by atoms with Gasteiger partial charge in [0.2, 0.25) is 0 Å². The number of hydrogen-bond acceptors (Lipinski definition) is 3. The maximum absolute atomic E-state index is 13.3. The van der Waals surface area contributed by atoms with Crippen LogP contribution < -0.4 is 5.32 Å². The van der Waals surface area contributed by atoms with Gasteiger partial charge in [-0.05, 0) is 25.0 Å². The van der Waals surface area contributed by atoms with Crippen LogP contribution in [-0.4, -0.2) is 29.5 Å². The van der Waals surface area contributed by atoms with Crippen molar-refractivity contribution in [2.24, 2.45) is 0 Å². The molecule has 0 heterocycles. The third-order valence-corrected chi connectivity index (χ3v) is 3.76. The van der Waals surface area contributed by atoms with Crippen LogP contribution in [-0.2, 0) is 0 Å². The Morgan fingerprint density at radius 2 is 2.19 bits per heavy atom. The van der Waals surface area contributed by atoms with Crippen molar-refractivity contribution < 1.29 is 9.50 Å². The Kier molecular flexibility index (Phi) is 4.21. The van der Waals surface area contributed by atoms with Gasteiger partial charge in [-0.25, -0.2) is 4.39 Å². The molecule has 0 radical (unpaired) electrons. The molecule has 0 saturated heterocycles. The van der Waals surface area contributed by atoms with Crippen LogP contribution >= 0.6 is 11.8 Å². The van der Waals surface area contributed by atoms with Crippen molar-refractivity contribution in [2.45, 2.75) is 29.8 Å². The predicted molar refractivity (Wildman–Crippen MR) is 64.2 cm³/mol. The zero-order valence-corrected chi connectivity index (χ0v) is 9.84. The fourth-order valence-electron chi connectivity index (χ4n) is 1.49. The number of aliphatic hydroxyl groups is 1. The number of halogens is 1. The molecule has 2 N–H and O–H groups in total. The molecule has 1 aliphatic rings. The van der Waals surface area contributed by atoms with Gasteiger partial charge in [0.1, 0.15) is 5.82 Å². The molecular formula is C12H16FNOS. The van der Waals surface area contributed by atoms with Crippen LogP contribution in [0.5, 0.6) is 0 Å². The Balaban J connectivity index is 1.82. The topological polar surface area (TPSA) is 32.3 Å². The molecule has 1 aromatic rings. The van der Waals surface area contributed by atoms with Gasteiger partial charge < -0.3 is 10.4 Å². The van der Waals surface area contributed by atoms with Crippen molar-refractivity contribution in [3.05, 3.63) is 30.1 Å². The third-order valence-electron chi connectivity index (χ3n) is 2.55. The molecule has 0 amide bonds. The van der Waals surface area contributed by atoms with Crippen LogP contribution in [0.4, 0.5) is 4.39 Å². The Bertz CT molecular complexity index is 344. The molecule has 88 valence electrons. The largest absolute Gasteiger partial charge is 0.395 e. The molecule has 2 nitrogen and oxygen atoms in total. The maximum Gasteiger partial charge on any atom is 0.136 e. The summed E-state index contributed by atoms with van der Waals surface area (Å²) in [4.78, 5) is 0.651. The van der Waals surface area contributed by atoms with Gasteiger partial charge in [0.05, 0.1) is 6.61 Å². The molecule has 1 aliphatic carbocycles. The highest BCUT2D eigenvalue weighted by atomic mass is 32.2. The highest BCUT2D eigenvalue weighted by molar-refractivity contribution is 7.99. The van der Waals surface area contributed by atoms with Gasteiger partial charge in [-0.1, -0.05) is 12.1 Å². The Labute approximate surface area is 99.2 Å². The second-order valence-electron chi connectivity index (χ2n) is 4.06. The van der Waals surface area contributed by atoms with Crippen molar-refractivity contribution >= 4 is 11.8 Å². The van der Waals surface area contributed by atoms with Crippen molar-refractivity contribution in [1.29, 1.82) is 0 Å². The van der Waals surface area contributed by atoms with E-state index in [0.29, 0.717) is 16.7 Å². The summed E-state index contributed by atoms with van der Waals surface area (Å²) in [6.45, 7) is 0.109. The molecule has 0 aliphatic heterocycles. The first-order valence-electron chi connectivity index (χ1n) is 5.54. The summed E-state index contributed by atoms with van der Waals surface area (Å²) in [5.41, 5.74) is 0. The smallest absolute Gasteiger partial charge is 0.136 e. The van der Waals surface area contributed by atoms with E-state index in [0.717, 1.165) is 0 Å². The first-order valence-corrected chi connectivity index (χ1v) is 6.52. The van der Waals surface area contributed by atoms with Crippen LogP contribution in [0.2, 0.25) is 0 Å². The van der Waals surface area contributed by atoms with Crippen LogP contribution in [0.25, 0.3) is 0 Å². The lowest BCUT2D eigenvalue weighted by Crippen LogP contribution is -2.36. The SMILES string of the molecule is OCC(CSc1ccccc1F)NC1CC1. The van der Waals surface area contributed by atoms with E-state index in [9.17, 15) is 9.50 Å². The Morgan fingerprint density at radius 1 is 1.44 bits per heavy atom. The first-order chi connectivity index (χ1) is 7.79. The van der Waals surface area contributed by atoms with Gasteiger partial charge in [-0.3, -0.25) is 0 Å². The predicted octanol–water partition coefficient (Wildman–Crippen LogP) is 2.03. The standard InChI is InChI=1S/C12H16FNOS/c13-11-3-1-2-4-12(11)16-8-10(7-15)14-9-5-6-9/h1-4,9-10,14-15H,5-8H2. The van der Waals surface area contributed by atoms with Crippen molar-refractivity contribution in [3.63, 3.8) is 0 Å². The molecule has 2 rings (SSSR count). The third kappa shape index (κ3) is 3.47. The van der Waals surface area contributed by atoms with Gasteiger partial charge in [0.15, 0.2) is 0 Å². The second-order valence-corrected chi connectivity index (χ2v) is 5.12. The monoisotopic (exact) mass is 241 g/mol. The lowest BCUT2D eigenvalue weighted by molar-refractivity contribution is 0.253. The number of rotatable bonds is 6. The van der Waals surface area contributed by atoms with Crippen LogP contribution in [0.15, 0.2) is 29.2 Å². The quantitative estimate of drug-likeness (QED) is 0.747. The van der Waals surface area contributed by atoms with Crippen molar-refractivity contribution in [3.8, 4) is 0 Å². The van der Waals surface area contributed by atoms with Gasteiger partial charge in [-0.2, -0.15) is 0 Å². The average Bonchev–Trinajstić information content (AvgIpc) is 3.10. The molecule has 1 aromatic carbocycles. The summed E-state index contributed by atoms with van der Waals surface area (Å²) in [6, 6.07) is 7.38. The minimum Gasteiger partial charge on any atom is -0.395 e. The molecule has 0 bridgehead atoms. The van der Waals surface area contributed by atoms with Crippen LogP contribution in [0, 0.1) is 5.82 Å². The summed E-state index contributed by atoms with van der Waals surface area (Å²) in [5.74, 6) is 0.518. The van der Waals surface area contributed by atoms with E-state index in [1.54, 1.807) is 12.1 Å². The normalized spacial score (nSPS) is 17.4. The van der Waals surface area contributed by atoms with Gasteiger partial charge >= 0.3 is 0 Å². The van der Waals surface area contributed by atoms with Crippen LogP contribution in [0.3, 0.4) is 0 Å². The molecule has 0 aromatic heterocycles. The van der Waals surface area contributed by atoms with E-state index in [1.807, 2.05) is 6.07 Å². The molecule has 4 heteroatoms.